The van der Waals surface area contributed by atoms with Crippen LogP contribution in [-0.4, -0.2) is 32.7 Å². The number of ether oxygens (including phenoxy) is 3. The average molecular weight is 365 g/mol. The second kappa shape index (κ2) is 8.23. The van der Waals surface area contributed by atoms with Crippen LogP contribution in [-0.2, 0) is 9.53 Å². The van der Waals surface area contributed by atoms with Crippen LogP contribution in [0.25, 0.3) is 10.8 Å². The van der Waals surface area contributed by atoms with Crippen LogP contribution in [0.2, 0.25) is 0 Å². The minimum absolute atomic E-state index is 0.140. The average Bonchev–Trinajstić information content (AvgIpc) is 2.71. The van der Waals surface area contributed by atoms with Crippen molar-refractivity contribution in [2.45, 2.75) is 0 Å². The zero-order valence-electron chi connectivity index (χ0n) is 15.0. The number of rotatable bonds is 6. The molecular formula is C21H19NO5. The number of nitrogens with one attached hydrogen (secondary N) is 1. The van der Waals surface area contributed by atoms with Gasteiger partial charge in [-0.1, -0.05) is 36.4 Å². The molecule has 3 aromatic rings. The Kier molecular flexibility index (Phi) is 5.56. The van der Waals surface area contributed by atoms with Gasteiger partial charge in [-0.3, -0.25) is 4.79 Å². The minimum atomic E-state index is -0.696. The Morgan fingerprint density at radius 2 is 1.52 bits per heavy atom. The third-order valence-electron chi connectivity index (χ3n) is 4.00. The maximum Gasteiger partial charge on any atom is 0.346 e. The molecule has 138 valence electrons. The minimum Gasteiger partial charge on any atom is -0.496 e. The molecule has 0 aromatic heterocycles. The lowest BCUT2D eigenvalue weighted by Gasteiger charge is -2.12. The molecule has 0 aliphatic rings. The van der Waals surface area contributed by atoms with Crippen molar-refractivity contribution in [3.05, 3.63) is 66.2 Å². The van der Waals surface area contributed by atoms with E-state index in [0.717, 1.165) is 10.8 Å². The molecule has 0 saturated carbocycles. The van der Waals surface area contributed by atoms with Gasteiger partial charge in [0.15, 0.2) is 6.61 Å². The highest BCUT2D eigenvalue weighted by molar-refractivity contribution is 5.99. The van der Waals surface area contributed by atoms with Crippen LogP contribution in [0.15, 0.2) is 60.7 Å². The number of carbonyl (C=O) groups is 2. The summed E-state index contributed by atoms with van der Waals surface area (Å²) in [6, 6.07) is 18.3. The van der Waals surface area contributed by atoms with E-state index in [1.165, 1.54) is 14.2 Å². The van der Waals surface area contributed by atoms with E-state index in [-0.39, 0.29) is 5.56 Å². The number of carbonyl (C=O) groups excluding carboxylic acids is 2. The molecule has 3 rings (SSSR count). The highest BCUT2D eigenvalue weighted by Gasteiger charge is 2.20. The van der Waals surface area contributed by atoms with Crippen molar-refractivity contribution < 1.29 is 23.8 Å². The second-order valence-electron chi connectivity index (χ2n) is 5.72. The van der Waals surface area contributed by atoms with Crippen molar-refractivity contribution in [3.8, 4) is 11.5 Å². The monoisotopic (exact) mass is 365 g/mol. The van der Waals surface area contributed by atoms with Gasteiger partial charge in [0.05, 0.1) is 14.2 Å². The Balaban J connectivity index is 1.66. The zero-order chi connectivity index (χ0) is 19.2. The molecule has 0 atom stereocenters. The number of methoxy groups -OCH3 is 2. The molecule has 0 aliphatic heterocycles. The normalized spacial score (nSPS) is 10.3. The first-order valence-corrected chi connectivity index (χ1v) is 8.29. The van der Waals surface area contributed by atoms with Gasteiger partial charge in [-0.25, -0.2) is 4.79 Å². The van der Waals surface area contributed by atoms with E-state index < -0.39 is 18.5 Å². The maximum atomic E-state index is 12.4. The van der Waals surface area contributed by atoms with E-state index in [2.05, 4.69) is 5.32 Å². The van der Waals surface area contributed by atoms with Gasteiger partial charge < -0.3 is 19.5 Å². The van der Waals surface area contributed by atoms with Gasteiger partial charge in [0, 0.05) is 5.69 Å². The molecule has 6 heteroatoms. The SMILES string of the molecule is COc1cccc(OC)c1C(=O)OCC(=O)Nc1ccc2ccccc2c1. The third kappa shape index (κ3) is 4.17. The van der Waals surface area contributed by atoms with E-state index >= 15 is 0 Å². The Morgan fingerprint density at radius 3 is 2.19 bits per heavy atom. The van der Waals surface area contributed by atoms with Crippen molar-refractivity contribution in [3.63, 3.8) is 0 Å². The van der Waals surface area contributed by atoms with Crippen LogP contribution in [0, 0.1) is 0 Å². The van der Waals surface area contributed by atoms with Crippen molar-refractivity contribution in [1.29, 1.82) is 0 Å². The third-order valence-corrected chi connectivity index (χ3v) is 4.00. The smallest absolute Gasteiger partial charge is 0.346 e. The van der Waals surface area contributed by atoms with Gasteiger partial charge in [0.1, 0.15) is 17.1 Å². The summed E-state index contributed by atoms with van der Waals surface area (Å²) in [5.41, 5.74) is 0.769. The highest BCUT2D eigenvalue weighted by atomic mass is 16.5. The molecule has 1 N–H and O–H groups in total. The Labute approximate surface area is 156 Å². The fourth-order valence-corrected chi connectivity index (χ4v) is 2.72. The summed E-state index contributed by atoms with van der Waals surface area (Å²) in [7, 11) is 2.88. The number of hydrogen-bond acceptors (Lipinski definition) is 5. The molecule has 0 fully saturated rings. The second-order valence-corrected chi connectivity index (χ2v) is 5.72. The van der Waals surface area contributed by atoms with Crippen LogP contribution in [0.3, 0.4) is 0 Å². The molecule has 0 spiro atoms. The lowest BCUT2D eigenvalue weighted by molar-refractivity contribution is -0.119. The van der Waals surface area contributed by atoms with Crippen LogP contribution in [0.4, 0.5) is 5.69 Å². The Morgan fingerprint density at radius 1 is 0.852 bits per heavy atom. The van der Waals surface area contributed by atoms with Crippen molar-refractivity contribution in [2.75, 3.05) is 26.1 Å². The number of benzene rings is 3. The molecule has 0 bridgehead atoms. The van der Waals surface area contributed by atoms with E-state index in [4.69, 9.17) is 14.2 Å². The van der Waals surface area contributed by atoms with E-state index in [1.54, 1.807) is 24.3 Å². The number of esters is 1. The summed E-state index contributed by atoms with van der Waals surface area (Å²) in [6.45, 7) is -0.424. The first-order valence-electron chi connectivity index (χ1n) is 8.29. The van der Waals surface area contributed by atoms with Crippen LogP contribution in [0.5, 0.6) is 11.5 Å². The summed E-state index contributed by atoms with van der Waals surface area (Å²) in [4.78, 5) is 24.5. The molecule has 0 unspecified atom stereocenters. The van der Waals surface area contributed by atoms with Gasteiger partial charge in [-0.05, 0) is 35.0 Å². The largest absolute Gasteiger partial charge is 0.496 e. The predicted molar refractivity (Wildman–Crippen MR) is 102 cm³/mol. The summed E-state index contributed by atoms with van der Waals surface area (Å²) in [5.74, 6) is -0.506. The maximum absolute atomic E-state index is 12.4. The summed E-state index contributed by atoms with van der Waals surface area (Å²) < 4.78 is 15.5. The first kappa shape index (κ1) is 18.3. The predicted octanol–water partition coefficient (Wildman–Crippen LogP) is 3.65. The van der Waals surface area contributed by atoms with Crippen molar-refractivity contribution >= 4 is 28.3 Å². The number of fused-ring (bicyclic) bond motifs is 1. The van der Waals surface area contributed by atoms with Gasteiger partial charge >= 0.3 is 5.97 Å². The molecule has 0 heterocycles. The number of amides is 1. The Hall–Kier alpha value is -3.54. The molecule has 0 radical (unpaired) electrons. The topological polar surface area (TPSA) is 73.9 Å². The number of anilines is 1. The van der Waals surface area contributed by atoms with Crippen molar-refractivity contribution in [1.82, 2.24) is 0 Å². The summed E-state index contributed by atoms with van der Waals surface area (Å²) in [6.07, 6.45) is 0. The van der Waals surface area contributed by atoms with Gasteiger partial charge in [-0.2, -0.15) is 0 Å². The van der Waals surface area contributed by atoms with Gasteiger partial charge in [0.25, 0.3) is 5.91 Å². The standard InChI is InChI=1S/C21H19NO5/c1-25-17-8-5-9-18(26-2)20(17)21(24)27-13-19(23)22-16-11-10-14-6-3-4-7-15(14)12-16/h3-12H,13H2,1-2H3,(H,22,23). The van der Waals surface area contributed by atoms with E-state index in [0.29, 0.717) is 17.2 Å². The fraction of sp³-hybridized carbons (Fsp3) is 0.143. The molecule has 6 nitrogen and oxygen atoms in total. The van der Waals surface area contributed by atoms with Crippen molar-refractivity contribution in [2.24, 2.45) is 0 Å². The lowest BCUT2D eigenvalue weighted by Crippen LogP contribution is -2.21. The number of hydrogen-bond donors (Lipinski definition) is 1. The van der Waals surface area contributed by atoms with E-state index in [1.807, 2.05) is 36.4 Å². The Bertz CT molecular complexity index is 961. The first-order chi connectivity index (χ1) is 13.1. The van der Waals surface area contributed by atoms with Gasteiger partial charge in [0.2, 0.25) is 0 Å². The van der Waals surface area contributed by atoms with E-state index in [9.17, 15) is 9.59 Å². The molecule has 0 saturated heterocycles. The zero-order valence-corrected chi connectivity index (χ0v) is 15.0. The van der Waals surface area contributed by atoms with Gasteiger partial charge in [-0.15, -0.1) is 0 Å². The van der Waals surface area contributed by atoms with Crippen LogP contribution in [0.1, 0.15) is 10.4 Å². The summed E-state index contributed by atoms with van der Waals surface area (Å²) in [5, 5.41) is 4.80. The molecule has 3 aromatic carbocycles. The quantitative estimate of drug-likeness (QED) is 0.675. The summed E-state index contributed by atoms with van der Waals surface area (Å²) >= 11 is 0. The molecule has 27 heavy (non-hydrogen) atoms. The molecule has 1 amide bonds. The van der Waals surface area contributed by atoms with Crippen LogP contribution >= 0.6 is 0 Å². The molecular weight excluding hydrogens is 346 g/mol. The van der Waals surface area contributed by atoms with Crippen LogP contribution < -0.4 is 14.8 Å². The lowest BCUT2D eigenvalue weighted by atomic mass is 10.1. The fourth-order valence-electron chi connectivity index (χ4n) is 2.72. The molecule has 0 aliphatic carbocycles. The highest BCUT2D eigenvalue weighted by Crippen LogP contribution is 2.28.